The number of carbonyl (C=O) groups is 3. The Hall–Kier alpha value is -3.41. The van der Waals surface area contributed by atoms with Gasteiger partial charge in [0.1, 0.15) is 19.3 Å². The molecule has 0 aliphatic carbocycles. The fraction of sp³-hybridized carbons (Fsp3) is 0.484. The first-order valence-corrected chi connectivity index (χ1v) is 16.2. The van der Waals surface area contributed by atoms with Crippen molar-refractivity contribution >= 4 is 31.7 Å². The highest BCUT2D eigenvalue weighted by Gasteiger charge is 2.60. The van der Waals surface area contributed by atoms with E-state index in [1.165, 1.54) is 11.8 Å². The maximum atomic E-state index is 14.2. The molecule has 2 aromatic rings. The summed E-state index contributed by atoms with van der Waals surface area (Å²) in [7, 11) is -4.25. The fourth-order valence-corrected chi connectivity index (χ4v) is 7.13. The van der Waals surface area contributed by atoms with Crippen LogP contribution < -0.4 is 0 Å². The van der Waals surface area contributed by atoms with Crippen molar-refractivity contribution in [2.24, 2.45) is 4.99 Å². The molecule has 4 rings (SSSR count). The van der Waals surface area contributed by atoms with Crippen LogP contribution in [-0.4, -0.2) is 85.6 Å². The average molecular weight is 631 g/mol. The molecule has 238 valence electrons. The number of benzene rings is 2. The SMILES string of the molecule is CCOP(=O)(OCC)[C@H](C(=O)OCc1ccccc1)N1C(=O)[C@@H](N=Cc2ccccc2)[C@H]1CCC1(COC(C)=O)OCCO1. The number of amides is 1. The molecule has 0 bridgehead atoms. The van der Waals surface area contributed by atoms with Gasteiger partial charge in [-0.25, -0.2) is 4.79 Å². The molecule has 0 N–H and O–H groups in total. The second kappa shape index (κ2) is 15.5. The van der Waals surface area contributed by atoms with Crippen LogP contribution in [0.3, 0.4) is 0 Å². The molecule has 13 heteroatoms. The molecule has 0 radical (unpaired) electrons. The van der Waals surface area contributed by atoms with Crippen molar-refractivity contribution in [2.75, 3.05) is 33.0 Å². The molecule has 2 aromatic carbocycles. The van der Waals surface area contributed by atoms with Crippen LogP contribution in [0.15, 0.2) is 65.7 Å². The summed E-state index contributed by atoms with van der Waals surface area (Å²) < 4.78 is 47.8. The lowest BCUT2D eigenvalue weighted by atomic mass is 9.89. The third-order valence-corrected chi connectivity index (χ3v) is 9.45. The Morgan fingerprint density at radius 3 is 2.23 bits per heavy atom. The van der Waals surface area contributed by atoms with Gasteiger partial charge in [-0.15, -0.1) is 0 Å². The van der Waals surface area contributed by atoms with Crippen LogP contribution in [0.2, 0.25) is 0 Å². The van der Waals surface area contributed by atoms with Crippen LogP contribution in [0.25, 0.3) is 0 Å². The Balaban J connectivity index is 1.66. The minimum Gasteiger partial charge on any atom is -0.460 e. The van der Waals surface area contributed by atoms with Gasteiger partial charge in [0.15, 0.2) is 0 Å². The standard InChI is InChI=1S/C31H39N2O10P/c1-4-42-44(37,43-5-2)29(30(36)38-21-25-14-10-7-11-15-25)33-26(16-17-31(22-39-23(3)34)40-18-19-41-31)27(28(33)35)32-20-24-12-8-6-9-13-24/h6-15,20,26-27,29H,4-5,16-19,21-22H2,1-3H3/t26-,27+,29-/m1/s1. The lowest BCUT2D eigenvalue weighted by molar-refractivity contribution is -0.204. The van der Waals surface area contributed by atoms with Crippen LogP contribution in [0.4, 0.5) is 0 Å². The zero-order valence-electron chi connectivity index (χ0n) is 25.2. The molecule has 1 amide bonds. The minimum absolute atomic E-state index is 0.0325. The predicted molar refractivity (Wildman–Crippen MR) is 160 cm³/mol. The number of aliphatic imine (C=N–C) groups is 1. The van der Waals surface area contributed by atoms with E-state index in [0.29, 0.717) is 18.8 Å². The minimum atomic E-state index is -4.25. The highest BCUT2D eigenvalue weighted by atomic mass is 31.2. The summed E-state index contributed by atoms with van der Waals surface area (Å²) in [6, 6.07) is 16.6. The summed E-state index contributed by atoms with van der Waals surface area (Å²) in [6.07, 6.45) is 1.97. The third kappa shape index (κ3) is 8.19. The van der Waals surface area contributed by atoms with Gasteiger partial charge in [-0.05, 0) is 31.4 Å². The quantitative estimate of drug-likeness (QED) is 0.115. The molecule has 3 atom stereocenters. The van der Waals surface area contributed by atoms with Crippen LogP contribution in [-0.2, 0) is 53.6 Å². The average Bonchev–Trinajstić information content (AvgIpc) is 3.49. The van der Waals surface area contributed by atoms with E-state index >= 15 is 0 Å². The normalized spacial score (nSPS) is 20.3. The van der Waals surface area contributed by atoms with Gasteiger partial charge in [0, 0.05) is 19.6 Å². The monoisotopic (exact) mass is 630 g/mol. The van der Waals surface area contributed by atoms with Crippen molar-refractivity contribution in [3.8, 4) is 0 Å². The molecule has 0 saturated carbocycles. The van der Waals surface area contributed by atoms with Crippen molar-refractivity contribution in [3.63, 3.8) is 0 Å². The summed E-state index contributed by atoms with van der Waals surface area (Å²) >= 11 is 0. The molecule has 2 heterocycles. The van der Waals surface area contributed by atoms with Crippen LogP contribution in [0.1, 0.15) is 44.7 Å². The van der Waals surface area contributed by atoms with Crippen LogP contribution in [0.5, 0.6) is 0 Å². The van der Waals surface area contributed by atoms with Crippen molar-refractivity contribution in [2.45, 2.75) is 63.9 Å². The van der Waals surface area contributed by atoms with Crippen molar-refractivity contribution in [1.82, 2.24) is 4.90 Å². The zero-order valence-corrected chi connectivity index (χ0v) is 26.1. The lowest BCUT2D eigenvalue weighted by Gasteiger charge is -2.49. The van der Waals surface area contributed by atoms with Gasteiger partial charge < -0.3 is 32.9 Å². The molecular weight excluding hydrogens is 591 g/mol. The number of hydrogen-bond acceptors (Lipinski definition) is 11. The molecule has 2 aliphatic rings. The molecule has 2 fully saturated rings. The molecule has 2 aliphatic heterocycles. The van der Waals surface area contributed by atoms with Gasteiger partial charge in [-0.3, -0.25) is 19.1 Å². The van der Waals surface area contributed by atoms with Crippen molar-refractivity contribution < 1.29 is 46.9 Å². The first kappa shape index (κ1) is 33.5. The van der Waals surface area contributed by atoms with Gasteiger partial charge in [0.25, 0.3) is 5.91 Å². The first-order valence-electron chi connectivity index (χ1n) is 14.6. The molecule has 0 unspecified atom stereocenters. The Labute approximate surface area is 257 Å². The molecule has 2 saturated heterocycles. The Bertz CT molecular complexity index is 1320. The van der Waals surface area contributed by atoms with Gasteiger partial charge in [-0.2, -0.15) is 0 Å². The van der Waals surface area contributed by atoms with Gasteiger partial charge >= 0.3 is 19.5 Å². The summed E-state index contributed by atoms with van der Waals surface area (Å²) in [5, 5.41) is 0. The van der Waals surface area contributed by atoms with Gasteiger partial charge in [0.2, 0.25) is 11.6 Å². The number of ether oxygens (including phenoxy) is 4. The zero-order chi connectivity index (χ0) is 31.6. The lowest BCUT2D eigenvalue weighted by Crippen LogP contribution is -2.69. The van der Waals surface area contributed by atoms with Crippen LogP contribution in [0, 0.1) is 0 Å². The Morgan fingerprint density at radius 1 is 1.02 bits per heavy atom. The summed E-state index contributed by atoms with van der Waals surface area (Å²) in [4.78, 5) is 44.8. The van der Waals surface area contributed by atoms with Crippen LogP contribution >= 0.6 is 7.60 Å². The second-order valence-electron chi connectivity index (χ2n) is 10.2. The van der Waals surface area contributed by atoms with E-state index in [1.54, 1.807) is 44.3 Å². The van der Waals surface area contributed by atoms with E-state index in [1.807, 2.05) is 36.4 Å². The predicted octanol–water partition coefficient (Wildman–Crippen LogP) is 4.11. The maximum Gasteiger partial charge on any atom is 0.364 e. The third-order valence-electron chi connectivity index (χ3n) is 7.16. The largest absolute Gasteiger partial charge is 0.460 e. The van der Waals surface area contributed by atoms with E-state index in [0.717, 1.165) is 5.56 Å². The highest BCUT2D eigenvalue weighted by molar-refractivity contribution is 7.55. The molecule has 0 spiro atoms. The smallest absolute Gasteiger partial charge is 0.364 e. The van der Waals surface area contributed by atoms with Gasteiger partial charge in [-0.1, -0.05) is 60.7 Å². The van der Waals surface area contributed by atoms with E-state index in [4.69, 9.17) is 28.0 Å². The van der Waals surface area contributed by atoms with Crippen molar-refractivity contribution in [3.05, 3.63) is 71.8 Å². The van der Waals surface area contributed by atoms with E-state index in [9.17, 15) is 18.9 Å². The number of esters is 2. The summed E-state index contributed by atoms with van der Waals surface area (Å²) in [5.41, 5.74) is 1.49. The summed E-state index contributed by atoms with van der Waals surface area (Å²) in [5.74, 6) is -4.88. The summed E-state index contributed by atoms with van der Waals surface area (Å²) in [6.45, 7) is 4.79. The molecule has 0 aromatic heterocycles. The van der Waals surface area contributed by atoms with Crippen molar-refractivity contribution in [1.29, 1.82) is 0 Å². The Morgan fingerprint density at radius 2 is 1.64 bits per heavy atom. The molecule has 12 nitrogen and oxygen atoms in total. The maximum absolute atomic E-state index is 14.2. The first-order chi connectivity index (χ1) is 21.2. The number of hydrogen-bond donors (Lipinski definition) is 0. The number of β-lactam (4-membered cyclic amide) rings is 1. The Kier molecular flexibility index (Phi) is 11.8. The van der Waals surface area contributed by atoms with E-state index in [-0.39, 0.29) is 39.3 Å². The van der Waals surface area contributed by atoms with Gasteiger partial charge in [0.05, 0.1) is 32.5 Å². The second-order valence-corrected chi connectivity index (χ2v) is 12.3. The topological polar surface area (TPSA) is 139 Å². The number of carbonyl (C=O) groups excluding carboxylic acids is 3. The fourth-order valence-electron chi connectivity index (χ4n) is 5.13. The number of nitrogens with zero attached hydrogens (tertiary/aromatic N) is 2. The molecular formula is C31H39N2O10P. The van der Waals surface area contributed by atoms with E-state index in [2.05, 4.69) is 4.99 Å². The molecule has 44 heavy (non-hydrogen) atoms. The highest BCUT2D eigenvalue weighted by Crippen LogP contribution is 2.57. The number of rotatable bonds is 16. The number of likely N-dealkylation sites (tertiary alicyclic amines) is 1. The van der Waals surface area contributed by atoms with E-state index < -0.39 is 49.1 Å².